The van der Waals surface area contributed by atoms with Crippen LogP contribution in [0.15, 0.2) is 237 Å². The molecule has 3 aliphatic carbocycles. The van der Waals surface area contributed by atoms with Crippen molar-refractivity contribution in [3.63, 3.8) is 0 Å². The van der Waals surface area contributed by atoms with Gasteiger partial charge in [-0.1, -0.05) is 193 Å². The molecule has 382 valence electrons. The van der Waals surface area contributed by atoms with E-state index in [0.29, 0.717) is 0 Å². The molecule has 3 aliphatic rings. The molecule has 0 unspecified atom stereocenters. The minimum Gasteiger partial charge on any atom is -0.310 e. The summed E-state index contributed by atoms with van der Waals surface area (Å²) in [5.41, 5.74) is 26.5. The van der Waals surface area contributed by atoms with Gasteiger partial charge in [0.1, 0.15) is 0 Å². The topological polar surface area (TPSA) is 3.24 Å². The fraction of sp³-hybridized carbons (Fsp3) is 0.132. The Morgan fingerprint density at radius 3 is 1.23 bits per heavy atom. The van der Waals surface area contributed by atoms with E-state index in [1.165, 1.54) is 131 Å². The molecular weight excluding hydrogens is 991 g/mol. The monoisotopic (exact) mass is 1050 g/mol. The van der Waals surface area contributed by atoms with E-state index in [0.717, 1.165) is 22.8 Å². The molecule has 0 N–H and O–H groups in total. The molecule has 1 heterocycles. The van der Waals surface area contributed by atoms with Gasteiger partial charge in [-0.3, -0.25) is 0 Å². The Labute approximate surface area is 474 Å². The summed E-state index contributed by atoms with van der Waals surface area (Å²) in [5.74, 6) is 0.778. The van der Waals surface area contributed by atoms with Crippen LogP contribution in [-0.4, -0.2) is 5.75 Å². The summed E-state index contributed by atoms with van der Waals surface area (Å²) in [7, 11) is 0. The number of anilines is 3. The molecule has 1 nitrogen and oxygen atoms in total. The van der Waals surface area contributed by atoms with Gasteiger partial charge in [-0.2, -0.15) is 12.6 Å². The number of thiophene rings is 1. The zero-order valence-electron chi connectivity index (χ0n) is 45.7. The fourth-order valence-corrected chi connectivity index (χ4v) is 14.6. The maximum Gasteiger partial charge on any atom is 0.0465 e. The number of rotatable bonds is 7. The second-order valence-corrected chi connectivity index (χ2v) is 24.8. The van der Waals surface area contributed by atoms with E-state index in [1.54, 1.807) is 6.08 Å². The summed E-state index contributed by atoms with van der Waals surface area (Å²) in [6, 6.07) is 85.3. The van der Waals surface area contributed by atoms with E-state index >= 15 is 0 Å². The number of thiol groups is 1. The van der Waals surface area contributed by atoms with Crippen molar-refractivity contribution in [1.82, 2.24) is 0 Å². The Kier molecular flexibility index (Phi) is 11.5. The molecule has 12 aromatic rings. The van der Waals surface area contributed by atoms with Gasteiger partial charge in [-0.15, -0.1) is 17.9 Å². The Morgan fingerprint density at radius 1 is 0.354 bits per heavy atom. The lowest BCUT2D eigenvalue weighted by Gasteiger charge is -2.31. The first-order valence-electron chi connectivity index (χ1n) is 27.7. The van der Waals surface area contributed by atoms with Crippen molar-refractivity contribution in [2.45, 2.75) is 57.8 Å². The van der Waals surface area contributed by atoms with Gasteiger partial charge in [0.05, 0.1) is 0 Å². The number of nitrogens with zero attached hydrogens (tertiary/aromatic N) is 1. The summed E-state index contributed by atoms with van der Waals surface area (Å²) < 4.78 is 2.67. The van der Waals surface area contributed by atoms with Gasteiger partial charge < -0.3 is 4.90 Å². The van der Waals surface area contributed by atoms with Crippen molar-refractivity contribution in [2.24, 2.45) is 0 Å². The van der Waals surface area contributed by atoms with E-state index < -0.39 is 0 Å². The van der Waals surface area contributed by atoms with Gasteiger partial charge in [0.25, 0.3) is 0 Å². The SMILES string of the molecule is C=CCS.CC1(C)c2cc(-c3ccccc3)ccc2-c2ccc(N(c3ccc4c(c3)C(C)(C)c3cc(-c5ccc6ccccc6c5)ccc3-4)c3ccc4c(c3)C(C)(C)c3cc(-c5ccc6sc7ccccc7c6c5)ccc3-4)cc21. The van der Waals surface area contributed by atoms with E-state index in [9.17, 15) is 0 Å². The van der Waals surface area contributed by atoms with Crippen molar-refractivity contribution >= 4 is 72.0 Å². The maximum absolute atomic E-state index is 3.80. The van der Waals surface area contributed by atoms with Crippen LogP contribution in [0.2, 0.25) is 0 Å². The smallest absolute Gasteiger partial charge is 0.0465 e. The zero-order valence-corrected chi connectivity index (χ0v) is 47.4. The van der Waals surface area contributed by atoms with Gasteiger partial charge in [-0.05, 0) is 190 Å². The molecule has 3 heteroatoms. The van der Waals surface area contributed by atoms with Crippen LogP contribution in [0.4, 0.5) is 17.1 Å². The van der Waals surface area contributed by atoms with E-state index in [2.05, 4.69) is 290 Å². The molecule has 11 aromatic carbocycles. The molecule has 0 spiro atoms. The number of fused-ring (bicyclic) bond motifs is 13. The second-order valence-electron chi connectivity index (χ2n) is 23.4. The van der Waals surface area contributed by atoms with Crippen molar-refractivity contribution in [3.8, 4) is 66.8 Å². The van der Waals surface area contributed by atoms with Crippen LogP contribution < -0.4 is 4.90 Å². The summed E-state index contributed by atoms with van der Waals surface area (Å²) in [6.45, 7) is 17.9. The second kappa shape index (κ2) is 18.5. The highest BCUT2D eigenvalue weighted by molar-refractivity contribution is 7.80. The Morgan fingerprint density at radius 2 is 0.722 bits per heavy atom. The van der Waals surface area contributed by atoms with Crippen LogP contribution in [0.1, 0.15) is 74.9 Å². The average molecular weight is 1050 g/mol. The summed E-state index contributed by atoms with van der Waals surface area (Å²) in [6.07, 6.45) is 1.74. The third-order valence-corrected chi connectivity index (χ3v) is 19.2. The maximum atomic E-state index is 3.80. The van der Waals surface area contributed by atoms with Crippen molar-refractivity contribution in [1.29, 1.82) is 0 Å². The molecule has 0 aliphatic heterocycles. The van der Waals surface area contributed by atoms with Crippen LogP contribution in [0, 0.1) is 0 Å². The largest absolute Gasteiger partial charge is 0.310 e. The third-order valence-electron chi connectivity index (χ3n) is 17.8. The number of hydrogen-bond acceptors (Lipinski definition) is 3. The molecule has 0 amide bonds. The molecule has 0 atom stereocenters. The van der Waals surface area contributed by atoms with Crippen LogP contribution in [-0.2, 0) is 16.2 Å². The van der Waals surface area contributed by atoms with Crippen molar-refractivity contribution < 1.29 is 0 Å². The summed E-state index contributed by atoms with van der Waals surface area (Å²) >= 11 is 5.68. The molecule has 0 fully saturated rings. The van der Waals surface area contributed by atoms with Crippen molar-refractivity contribution in [3.05, 3.63) is 270 Å². The first-order valence-corrected chi connectivity index (χ1v) is 29.1. The number of benzene rings is 11. The molecule has 0 saturated heterocycles. The summed E-state index contributed by atoms with van der Waals surface area (Å²) in [5, 5.41) is 5.20. The van der Waals surface area contributed by atoms with Crippen LogP contribution >= 0.6 is 24.0 Å². The highest BCUT2D eigenvalue weighted by Crippen LogP contribution is 2.56. The molecule has 1 aromatic heterocycles. The fourth-order valence-electron chi connectivity index (χ4n) is 13.5. The third kappa shape index (κ3) is 7.80. The molecule has 0 radical (unpaired) electrons. The molecule has 0 bridgehead atoms. The van der Waals surface area contributed by atoms with Gasteiger partial charge >= 0.3 is 0 Å². The van der Waals surface area contributed by atoms with Gasteiger partial charge in [0, 0.05) is 59.2 Å². The minimum absolute atomic E-state index is 0.207. The lowest BCUT2D eigenvalue weighted by molar-refractivity contribution is 0.659. The molecule has 79 heavy (non-hydrogen) atoms. The Bertz CT molecular complexity index is 4470. The predicted molar refractivity (Wildman–Crippen MR) is 345 cm³/mol. The van der Waals surface area contributed by atoms with Gasteiger partial charge in [0.15, 0.2) is 0 Å². The van der Waals surface area contributed by atoms with E-state index in [1.807, 2.05) is 11.3 Å². The van der Waals surface area contributed by atoms with Gasteiger partial charge in [0.2, 0.25) is 0 Å². The van der Waals surface area contributed by atoms with E-state index in [4.69, 9.17) is 0 Å². The van der Waals surface area contributed by atoms with E-state index in [-0.39, 0.29) is 16.2 Å². The first kappa shape index (κ1) is 49.1. The highest BCUT2D eigenvalue weighted by atomic mass is 32.1. The average Bonchev–Trinajstić information content (AvgIpc) is 4.31. The Hall–Kier alpha value is -8.21. The van der Waals surface area contributed by atoms with Crippen molar-refractivity contribution in [2.75, 3.05) is 10.7 Å². The zero-order chi connectivity index (χ0) is 54.0. The lowest BCUT2D eigenvalue weighted by Crippen LogP contribution is -2.19. The van der Waals surface area contributed by atoms with Crippen LogP contribution in [0.3, 0.4) is 0 Å². The minimum atomic E-state index is -0.232. The van der Waals surface area contributed by atoms with Crippen LogP contribution in [0.5, 0.6) is 0 Å². The Balaban J connectivity index is 0.00000137. The first-order chi connectivity index (χ1) is 38.3. The standard InChI is InChI=1S/C73H55NS.C3H6S/c1-71(2)63-38-49(44-14-8-7-9-15-44)22-29-55(63)58-32-26-52(41-66(58)71)74(53-27-33-59-56-30-23-50(39-64(56)72(3,4)67(59)42-53)47-21-20-45-16-10-11-17-46(45)36-47)54-28-34-60-57-31-24-51(40-65(57)73(5,6)68(60)43-54)48-25-35-70-62(37-48)61-18-12-13-19-69(61)75-70;1-2-3-4/h7-43H,1-6H3;2,4H,1,3H2. The van der Waals surface area contributed by atoms with Crippen LogP contribution in [0.25, 0.3) is 97.7 Å². The van der Waals surface area contributed by atoms with Gasteiger partial charge in [-0.25, -0.2) is 0 Å². The molecule has 0 saturated carbocycles. The normalized spacial score (nSPS) is 14.4. The predicted octanol–water partition coefficient (Wildman–Crippen LogP) is 21.7. The molecule has 15 rings (SSSR count). The lowest BCUT2D eigenvalue weighted by atomic mass is 9.80. The quantitative estimate of drug-likeness (QED) is 0.123. The summed E-state index contributed by atoms with van der Waals surface area (Å²) in [4.78, 5) is 2.54. The number of hydrogen-bond donors (Lipinski definition) is 1. The highest BCUT2D eigenvalue weighted by Gasteiger charge is 2.40. The molecular formula is C76H61NS2.